The predicted octanol–water partition coefficient (Wildman–Crippen LogP) is 2.20. The minimum Gasteiger partial charge on any atom is -0.308 e. The standard InChI is InChI=1S/C13H10ClN3O/c14-11-4-2-1-3-10(11)8-16-5-6-17-9-15-7-12(17)13(16)18/h1-7,9H,8H2. The summed E-state index contributed by atoms with van der Waals surface area (Å²) in [6.45, 7) is 0.459. The second-order valence-electron chi connectivity index (χ2n) is 4.01. The SMILES string of the molecule is O=c1c2cncn2ccn1Cc1ccccc1Cl. The molecule has 4 nitrogen and oxygen atoms in total. The second kappa shape index (κ2) is 4.31. The Bertz CT molecular complexity index is 760. The average molecular weight is 260 g/mol. The Morgan fingerprint density at radius 2 is 2.06 bits per heavy atom. The lowest BCUT2D eigenvalue weighted by molar-refractivity contribution is 0.753. The highest BCUT2D eigenvalue weighted by molar-refractivity contribution is 6.31. The maximum atomic E-state index is 12.2. The van der Waals surface area contributed by atoms with Crippen molar-refractivity contribution >= 4 is 17.1 Å². The molecule has 18 heavy (non-hydrogen) atoms. The molecule has 0 radical (unpaired) electrons. The lowest BCUT2D eigenvalue weighted by Crippen LogP contribution is -2.21. The first-order valence-electron chi connectivity index (χ1n) is 5.50. The zero-order valence-corrected chi connectivity index (χ0v) is 10.2. The number of imidazole rings is 1. The monoisotopic (exact) mass is 259 g/mol. The molecular formula is C13H10ClN3O. The first kappa shape index (κ1) is 11.0. The third-order valence-electron chi connectivity index (χ3n) is 2.85. The van der Waals surface area contributed by atoms with Crippen LogP contribution in [0.5, 0.6) is 0 Å². The number of nitrogens with zero attached hydrogens (tertiary/aromatic N) is 3. The van der Waals surface area contributed by atoms with Gasteiger partial charge in [-0.3, -0.25) is 4.79 Å². The van der Waals surface area contributed by atoms with Crippen LogP contribution in [-0.2, 0) is 6.54 Å². The first-order valence-corrected chi connectivity index (χ1v) is 5.88. The number of hydrogen-bond acceptors (Lipinski definition) is 2. The Morgan fingerprint density at radius 3 is 2.89 bits per heavy atom. The van der Waals surface area contributed by atoms with Gasteiger partial charge in [-0.1, -0.05) is 29.8 Å². The highest BCUT2D eigenvalue weighted by Crippen LogP contribution is 2.15. The molecule has 0 aliphatic carbocycles. The fourth-order valence-corrected chi connectivity index (χ4v) is 2.09. The third kappa shape index (κ3) is 1.80. The Kier molecular flexibility index (Phi) is 2.64. The number of benzene rings is 1. The quantitative estimate of drug-likeness (QED) is 0.708. The Labute approximate surface area is 108 Å². The topological polar surface area (TPSA) is 39.3 Å². The summed E-state index contributed by atoms with van der Waals surface area (Å²) < 4.78 is 3.32. The van der Waals surface area contributed by atoms with Crippen LogP contribution in [0.25, 0.3) is 5.52 Å². The van der Waals surface area contributed by atoms with Crippen molar-refractivity contribution in [1.82, 2.24) is 14.0 Å². The van der Waals surface area contributed by atoms with Gasteiger partial charge in [0.15, 0.2) is 0 Å². The molecule has 0 amide bonds. The first-order chi connectivity index (χ1) is 8.75. The van der Waals surface area contributed by atoms with Crippen molar-refractivity contribution in [2.45, 2.75) is 6.54 Å². The van der Waals surface area contributed by atoms with Crippen LogP contribution in [0.15, 0.2) is 54.0 Å². The molecule has 3 rings (SSSR count). The summed E-state index contributed by atoms with van der Waals surface area (Å²) in [7, 11) is 0. The smallest absolute Gasteiger partial charge is 0.276 e. The van der Waals surface area contributed by atoms with Crippen LogP contribution in [0.2, 0.25) is 5.02 Å². The van der Waals surface area contributed by atoms with Gasteiger partial charge in [-0.25, -0.2) is 4.98 Å². The highest BCUT2D eigenvalue weighted by atomic mass is 35.5. The van der Waals surface area contributed by atoms with Gasteiger partial charge in [0.25, 0.3) is 5.56 Å². The van der Waals surface area contributed by atoms with Gasteiger partial charge in [0.05, 0.1) is 19.1 Å². The zero-order chi connectivity index (χ0) is 12.5. The molecule has 0 fully saturated rings. The largest absolute Gasteiger partial charge is 0.308 e. The summed E-state index contributed by atoms with van der Waals surface area (Å²) >= 11 is 6.09. The van der Waals surface area contributed by atoms with E-state index in [-0.39, 0.29) is 5.56 Å². The average Bonchev–Trinajstić information content (AvgIpc) is 2.84. The van der Waals surface area contributed by atoms with E-state index in [4.69, 9.17) is 11.6 Å². The zero-order valence-electron chi connectivity index (χ0n) is 9.45. The molecule has 0 aliphatic rings. The lowest BCUT2D eigenvalue weighted by atomic mass is 10.2. The van der Waals surface area contributed by atoms with Gasteiger partial charge in [-0.05, 0) is 11.6 Å². The molecule has 0 unspecified atom stereocenters. The summed E-state index contributed by atoms with van der Waals surface area (Å²) in [5.74, 6) is 0. The van der Waals surface area contributed by atoms with Crippen molar-refractivity contribution < 1.29 is 0 Å². The van der Waals surface area contributed by atoms with Gasteiger partial charge >= 0.3 is 0 Å². The van der Waals surface area contributed by atoms with Crippen molar-refractivity contribution in [1.29, 1.82) is 0 Å². The Balaban J connectivity index is 2.08. The van der Waals surface area contributed by atoms with Crippen LogP contribution < -0.4 is 5.56 Å². The molecule has 5 heteroatoms. The molecule has 0 N–H and O–H groups in total. The fraction of sp³-hybridized carbons (Fsp3) is 0.0769. The van der Waals surface area contributed by atoms with Crippen molar-refractivity contribution in [2.75, 3.05) is 0 Å². The molecule has 0 spiro atoms. The number of rotatable bonds is 2. The normalized spacial score (nSPS) is 10.9. The van der Waals surface area contributed by atoms with Gasteiger partial charge in [-0.2, -0.15) is 0 Å². The van der Waals surface area contributed by atoms with E-state index in [0.717, 1.165) is 5.56 Å². The van der Waals surface area contributed by atoms with E-state index in [1.54, 1.807) is 33.9 Å². The minimum atomic E-state index is -0.0741. The number of fused-ring (bicyclic) bond motifs is 1. The third-order valence-corrected chi connectivity index (χ3v) is 3.22. The van der Waals surface area contributed by atoms with Gasteiger partial charge < -0.3 is 8.97 Å². The van der Waals surface area contributed by atoms with E-state index < -0.39 is 0 Å². The second-order valence-corrected chi connectivity index (χ2v) is 4.42. The summed E-state index contributed by atoms with van der Waals surface area (Å²) in [6, 6.07) is 7.51. The molecular weight excluding hydrogens is 250 g/mol. The Hall–Kier alpha value is -2.07. The summed E-state index contributed by atoms with van der Waals surface area (Å²) in [6.07, 6.45) is 6.71. The van der Waals surface area contributed by atoms with E-state index in [9.17, 15) is 4.79 Å². The van der Waals surface area contributed by atoms with Gasteiger partial charge in [0.2, 0.25) is 0 Å². The molecule has 90 valence electrons. The van der Waals surface area contributed by atoms with Crippen molar-refractivity contribution in [3.63, 3.8) is 0 Å². The molecule has 0 saturated carbocycles. The molecule has 0 saturated heterocycles. The molecule has 0 aliphatic heterocycles. The van der Waals surface area contributed by atoms with Gasteiger partial charge in [0, 0.05) is 17.4 Å². The molecule has 2 heterocycles. The molecule has 0 atom stereocenters. The van der Waals surface area contributed by atoms with Crippen LogP contribution >= 0.6 is 11.6 Å². The van der Waals surface area contributed by atoms with Gasteiger partial charge in [-0.15, -0.1) is 0 Å². The molecule has 1 aromatic carbocycles. The summed E-state index contributed by atoms with van der Waals surface area (Å²) in [5.41, 5.74) is 1.41. The van der Waals surface area contributed by atoms with E-state index >= 15 is 0 Å². The van der Waals surface area contributed by atoms with E-state index in [2.05, 4.69) is 4.98 Å². The molecule has 3 aromatic rings. The number of hydrogen-bond donors (Lipinski definition) is 0. The molecule has 2 aromatic heterocycles. The van der Waals surface area contributed by atoms with Crippen molar-refractivity contribution in [3.8, 4) is 0 Å². The van der Waals surface area contributed by atoms with Crippen molar-refractivity contribution in [2.24, 2.45) is 0 Å². The molecule has 0 bridgehead atoms. The van der Waals surface area contributed by atoms with Gasteiger partial charge in [0.1, 0.15) is 5.52 Å². The maximum Gasteiger partial charge on any atom is 0.276 e. The van der Waals surface area contributed by atoms with Crippen LogP contribution in [0.3, 0.4) is 0 Å². The summed E-state index contributed by atoms with van der Waals surface area (Å²) in [4.78, 5) is 16.1. The van der Waals surface area contributed by atoms with E-state index in [1.165, 1.54) is 0 Å². The van der Waals surface area contributed by atoms with E-state index in [0.29, 0.717) is 17.1 Å². The van der Waals surface area contributed by atoms with Crippen LogP contribution in [0.4, 0.5) is 0 Å². The number of halogens is 1. The van der Waals surface area contributed by atoms with Crippen molar-refractivity contribution in [3.05, 3.63) is 70.1 Å². The van der Waals surface area contributed by atoms with Crippen LogP contribution in [0.1, 0.15) is 5.56 Å². The van der Waals surface area contributed by atoms with Crippen LogP contribution in [-0.4, -0.2) is 14.0 Å². The minimum absolute atomic E-state index is 0.0741. The number of aromatic nitrogens is 3. The van der Waals surface area contributed by atoms with Crippen LogP contribution in [0, 0.1) is 0 Å². The maximum absolute atomic E-state index is 12.2. The Morgan fingerprint density at radius 1 is 1.22 bits per heavy atom. The predicted molar refractivity (Wildman–Crippen MR) is 70.0 cm³/mol. The highest BCUT2D eigenvalue weighted by Gasteiger charge is 2.05. The lowest BCUT2D eigenvalue weighted by Gasteiger charge is -2.07. The fourth-order valence-electron chi connectivity index (χ4n) is 1.89. The summed E-state index contributed by atoms with van der Waals surface area (Å²) in [5, 5.41) is 0.665. The van der Waals surface area contributed by atoms with E-state index in [1.807, 2.05) is 24.3 Å².